The van der Waals surface area contributed by atoms with Crippen LogP contribution in [0.2, 0.25) is 19.1 Å². The summed E-state index contributed by atoms with van der Waals surface area (Å²) in [5, 5.41) is 0. The zero-order valence-electron chi connectivity index (χ0n) is 9.47. The SMILES string of the molecule is C=C/C=C\[Si](C)(C)CCCCCC. The zero-order valence-corrected chi connectivity index (χ0v) is 10.5. The lowest BCUT2D eigenvalue weighted by Crippen LogP contribution is -2.21. The van der Waals surface area contributed by atoms with E-state index in [2.05, 4.69) is 38.4 Å². The molecular weight excluding hydrogens is 172 g/mol. The molecular formula is C12H24Si. The smallest absolute Gasteiger partial charge is 0.0717 e. The number of rotatable bonds is 7. The van der Waals surface area contributed by atoms with Gasteiger partial charge in [0.1, 0.15) is 0 Å². The predicted molar refractivity (Wildman–Crippen MR) is 65.8 cm³/mol. The molecule has 0 saturated heterocycles. The van der Waals surface area contributed by atoms with Crippen molar-refractivity contribution in [2.24, 2.45) is 0 Å². The second-order valence-electron chi connectivity index (χ2n) is 4.39. The van der Waals surface area contributed by atoms with Crippen molar-refractivity contribution in [3.05, 3.63) is 24.4 Å². The number of unbranched alkanes of at least 4 members (excludes halogenated alkanes) is 3. The molecule has 1 heteroatoms. The van der Waals surface area contributed by atoms with Crippen molar-refractivity contribution < 1.29 is 0 Å². The van der Waals surface area contributed by atoms with Gasteiger partial charge in [0.25, 0.3) is 0 Å². The summed E-state index contributed by atoms with van der Waals surface area (Å²) in [7, 11) is -1.03. The lowest BCUT2D eigenvalue weighted by Gasteiger charge is -2.16. The van der Waals surface area contributed by atoms with Gasteiger partial charge in [-0.3, -0.25) is 0 Å². The van der Waals surface area contributed by atoms with Crippen molar-refractivity contribution in [3.63, 3.8) is 0 Å². The van der Waals surface area contributed by atoms with Crippen LogP contribution in [-0.2, 0) is 0 Å². The van der Waals surface area contributed by atoms with Gasteiger partial charge < -0.3 is 0 Å². The summed E-state index contributed by atoms with van der Waals surface area (Å²) in [4.78, 5) is 0. The van der Waals surface area contributed by atoms with Crippen molar-refractivity contribution >= 4 is 8.07 Å². The molecule has 0 aliphatic heterocycles. The van der Waals surface area contributed by atoms with E-state index < -0.39 is 8.07 Å². The van der Waals surface area contributed by atoms with Gasteiger partial charge in [-0.1, -0.05) is 76.2 Å². The molecule has 0 unspecified atom stereocenters. The lowest BCUT2D eigenvalue weighted by molar-refractivity contribution is 0.697. The fourth-order valence-corrected chi connectivity index (χ4v) is 3.40. The Kier molecular flexibility index (Phi) is 6.97. The first-order valence-corrected chi connectivity index (χ1v) is 8.71. The molecule has 0 radical (unpaired) electrons. The van der Waals surface area contributed by atoms with E-state index in [1.807, 2.05) is 6.08 Å². The molecule has 0 aliphatic carbocycles. The van der Waals surface area contributed by atoms with Gasteiger partial charge in [0.15, 0.2) is 0 Å². The fourth-order valence-electron chi connectivity index (χ4n) is 1.42. The number of hydrogen-bond acceptors (Lipinski definition) is 0. The third kappa shape index (κ3) is 8.04. The molecule has 0 nitrogen and oxygen atoms in total. The number of allylic oxidation sites excluding steroid dienone is 2. The molecule has 0 spiro atoms. The van der Waals surface area contributed by atoms with E-state index in [-0.39, 0.29) is 0 Å². The summed E-state index contributed by atoms with van der Waals surface area (Å²) < 4.78 is 0. The van der Waals surface area contributed by atoms with Crippen LogP contribution in [0, 0.1) is 0 Å². The Bertz CT molecular complexity index is 157. The van der Waals surface area contributed by atoms with Crippen LogP contribution < -0.4 is 0 Å². The molecule has 0 aromatic rings. The maximum atomic E-state index is 3.71. The van der Waals surface area contributed by atoms with E-state index in [0.29, 0.717) is 0 Å². The maximum Gasteiger partial charge on any atom is 0.0717 e. The predicted octanol–water partition coefficient (Wildman–Crippen LogP) is 4.56. The van der Waals surface area contributed by atoms with Gasteiger partial charge in [-0.15, -0.1) is 0 Å². The molecule has 13 heavy (non-hydrogen) atoms. The average molecular weight is 196 g/mol. The van der Waals surface area contributed by atoms with Crippen LogP contribution >= 0.6 is 0 Å². The van der Waals surface area contributed by atoms with E-state index in [1.165, 1.54) is 31.7 Å². The molecule has 0 aromatic carbocycles. The summed E-state index contributed by atoms with van der Waals surface area (Å²) in [6, 6.07) is 1.43. The lowest BCUT2D eigenvalue weighted by atomic mass is 10.2. The molecule has 0 bridgehead atoms. The van der Waals surface area contributed by atoms with Crippen LogP contribution in [0.4, 0.5) is 0 Å². The van der Waals surface area contributed by atoms with Gasteiger partial charge in [0.05, 0.1) is 8.07 Å². The average Bonchev–Trinajstić information content (AvgIpc) is 2.09. The maximum absolute atomic E-state index is 3.71. The fraction of sp³-hybridized carbons (Fsp3) is 0.667. The molecule has 0 saturated carbocycles. The van der Waals surface area contributed by atoms with E-state index in [1.54, 1.807) is 0 Å². The third-order valence-electron chi connectivity index (χ3n) is 2.36. The second-order valence-corrected chi connectivity index (χ2v) is 9.20. The largest absolute Gasteiger partial charge is 0.0991 e. The Morgan fingerprint density at radius 1 is 1.15 bits per heavy atom. The third-order valence-corrected chi connectivity index (χ3v) is 5.10. The Morgan fingerprint density at radius 3 is 2.38 bits per heavy atom. The first-order valence-electron chi connectivity index (χ1n) is 5.42. The Balaban J connectivity index is 3.62. The van der Waals surface area contributed by atoms with Crippen molar-refractivity contribution in [1.82, 2.24) is 0 Å². The minimum Gasteiger partial charge on any atom is -0.0991 e. The second kappa shape index (κ2) is 7.13. The van der Waals surface area contributed by atoms with Crippen LogP contribution in [0.25, 0.3) is 0 Å². The molecule has 0 amide bonds. The summed E-state index contributed by atoms with van der Waals surface area (Å²) in [6.07, 6.45) is 9.57. The van der Waals surface area contributed by atoms with Gasteiger partial charge in [-0.25, -0.2) is 0 Å². The highest BCUT2D eigenvalue weighted by molar-refractivity contribution is 6.82. The molecule has 0 N–H and O–H groups in total. The van der Waals surface area contributed by atoms with Crippen molar-refractivity contribution in [3.8, 4) is 0 Å². The van der Waals surface area contributed by atoms with Crippen molar-refractivity contribution in [2.45, 2.75) is 51.7 Å². The molecule has 76 valence electrons. The molecule has 0 aromatic heterocycles. The summed E-state index contributed by atoms with van der Waals surface area (Å²) in [5.41, 5.74) is 2.39. The quantitative estimate of drug-likeness (QED) is 0.318. The van der Waals surface area contributed by atoms with Crippen molar-refractivity contribution in [1.29, 1.82) is 0 Å². The first-order chi connectivity index (χ1) is 6.12. The molecule has 0 atom stereocenters. The first kappa shape index (κ1) is 12.7. The molecule has 0 rings (SSSR count). The van der Waals surface area contributed by atoms with Crippen LogP contribution in [0.5, 0.6) is 0 Å². The topological polar surface area (TPSA) is 0 Å². The van der Waals surface area contributed by atoms with Gasteiger partial charge >= 0.3 is 0 Å². The normalized spacial score (nSPS) is 12.2. The highest BCUT2D eigenvalue weighted by Crippen LogP contribution is 2.16. The summed E-state index contributed by atoms with van der Waals surface area (Å²) >= 11 is 0. The van der Waals surface area contributed by atoms with Crippen LogP contribution in [-0.4, -0.2) is 8.07 Å². The summed E-state index contributed by atoms with van der Waals surface area (Å²) in [5.74, 6) is 0. The van der Waals surface area contributed by atoms with Crippen LogP contribution in [0.1, 0.15) is 32.6 Å². The highest BCUT2D eigenvalue weighted by atomic mass is 28.3. The van der Waals surface area contributed by atoms with Gasteiger partial charge in [-0.05, 0) is 0 Å². The zero-order chi connectivity index (χ0) is 10.2. The monoisotopic (exact) mass is 196 g/mol. The highest BCUT2D eigenvalue weighted by Gasteiger charge is 2.14. The number of hydrogen-bond donors (Lipinski definition) is 0. The molecule has 0 fully saturated rings. The van der Waals surface area contributed by atoms with Crippen molar-refractivity contribution in [2.75, 3.05) is 0 Å². The van der Waals surface area contributed by atoms with Crippen LogP contribution in [0.3, 0.4) is 0 Å². The van der Waals surface area contributed by atoms with E-state index in [0.717, 1.165) is 0 Å². The molecule has 0 aliphatic rings. The van der Waals surface area contributed by atoms with E-state index >= 15 is 0 Å². The van der Waals surface area contributed by atoms with Gasteiger partial charge in [-0.2, -0.15) is 0 Å². The van der Waals surface area contributed by atoms with E-state index in [4.69, 9.17) is 0 Å². The van der Waals surface area contributed by atoms with Gasteiger partial charge in [0, 0.05) is 0 Å². The minimum atomic E-state index is -1.03. The molecule has 0 heterocycles. The Labute approximate surface area is 84.8 Å². The summed E-state index contributed by atoms with van der Waals surface area (Å²) in [6.45, 7) is 10.8. The minimum absolute atomic E-state index is 1.03. The van der Waals surface area contributed by atoms with Gasteiger partial charge in [0.2, 0.25) is 0 Å². The standard InChI is InChI=1S/C12H24Si/c1-5-7-9-10-12-13(3,4)11-8-6-2/h6,8,11H,2,5,7,9-10,12H2,1,3-4H3/b11-8-. The Hall–Kier alpha value is -0.303. The van der Waals surface area contributed by atoms with Crippen LogP contribution in [0.15, 0.2) is 24.4 Å². The Morgan fingerprint density at radius 2 is 1.85 bits per heavy atom. The van der Waals surface area contributed by atoms with E-state index in [9.17, 15) is 0 Å².